The number of piperidine rings is 1. The first kappa shape index (κ1) is 16.3. The van der Waals surface area contributed by atoms with E-state index in [-0.39, 0.29) is 23.8 Å². The van der Waals surface area contributed by atoms with Crippen molar-refractivity contribution in [2.24, 2.45) is 5.92 Å². The minimum Gasteiger partial charge on any atom is -0.353 e. The molecule has 2 amide bonds. The summed E-state index contributed by atoms with van der Waals surface area (Å²) in [6.07, 6.45) is 4.08. The molecular formula is C14H25ClN2O2. The Bertz CT molecular complexity index is 300. The summed E-state index contributed by atoms with van der Waals surface area (Å²) in [6.45, 7) is 5.29. The molecule has 1 aliphatic heterocycles. The van der Waals surface area contributed by atoms with Gasteiger partial charge in [-0.15, -0.1) is 11.6 Å². The third kappa shape index (κ3) is 5.81. The quantitative estimate of drug-likeness (QED) is 0.601. The van der Waals surface area contributed by atoms with Gasteiger partial charge in [0.15, 0.2) is 0 Å². The molecule has 0 aliphatic carbocycles. The second-order valence-electron chi connectivity index (χ2n) is 5.46. The van der Waals surface area contributed by atoms with Crippen LogP contribution >= 0.6 is 11.6 Å². The van der Waals surface area contributed by atoms with Crippen LogP contribution in [0.25, 0.3) is 0 Å². The summed E-state index contributed by atoms with van der Waals surface area (Å²) in [4.78, 5) is 25.4. The fraction of sp³-hybridized carbons (Fsp3) is 0.857. The summed E-state index contributed by atoms with van der Waals surface area (Å²) in [5.41, 5.74) is 0. The summed E-state index contributed by atoms with van der Waals surface area (Å²) in [5.74, 6) is 0.970. The number of halogens is 1. The van der Waals surface area contributed by atoms with Crippen LogP contribution in [0.5, 0.6) is 0 Å². The molecule has 0 atom stereocenters. The lowest BCUT2D eigenvalue weighted by molar-refractivity contribution is -0.132. The third-order valence-corrected chi connectivity index (χ3v) is 3.76. The van der Waals surface area contributed by atoms with Crippen LogP contribution in [0.2, 0.25) is 0 Å². The van der Waals surface area contributed by atoms with E-state index in [2.05, 4.69) is 5.32 Å². The number of carbonyl (C=O) groups is 2. The van der Waals surface area contributed by atoms with Gasteiger partial charge in [-0.3, -0.25) is 9.59 Å². The molecule has 1 N–H and O–H groups in total. The van der Waals surface area contributed by atoms with E-state index in [0.29, 0.717) is 12.3 Å². The number of hydrogen-bond acceptors (Lipinski definition) is 2. The Hall–Kier alpha value is -0.770. The number of amides is 2. The summed E-state index contributed by atoms with van der Waals surface area (Å²) in [6, 6.07) is 0.224. The van der Waals surface area contributed by atoms with E-state index in [4.69, 9.17) is 11.6 Å². The average Bonchev–Trinajstić information content (AvgIpc) is 2.39. The number of carbonyl (C=O) groups excluding carboxylic acids is 2. The molecule has 5 heteroatoms. The normalized spacial score (nSPS) is 16.7. The minimum atomic E-state index is 0.0233. The molecule has 4 nitrogen and oxygen atoms in total. The molecule has 110 valence electrons. The van der Waals surface area contributed by atoms with Gasteiger partial charge in [-0.1, -0.05) is 13.8 Å². The van der Waals surface area contributed by atoms with Gasteiger partial charge in [0, 0.05) is 37.4 Å². The molecule has 0 spiro atoms. The maximum Gasteiger partial charge on any atom is 0.222 e. The second kappa shape index (κ2) is 8.41. The lowest BCUT2D eigenvalue weighted by atomic mass is 10.0. The molecule has 1 saturated heterocycles. The van der Waals surface area contributed by atoms with Crippen molar-refractivity contribution in [3.8, 4) is 0 Å². The van der Waals surface area contributed by atoms with Gasteiger partial charge >= 0.3 is 0 Å². The first-order chi connectivity index (χ1) is 9.04. The Labute approximate surface area is 120 Å². The second-order valence-corrected chi connectivity index (χ2v) is 5.84. The highest BCUT2D eigenvalue weighted by Gasteiger charge is 2.23. The molecule has 0 saturated carbocycles. The lowest BCUT2D eigenvalue weighted by Crippen LogP contribution is -2.47. The SMILES string of the molecule is CC(C)C(=O)NC1CCN(C(=O)CCCCCl)CC1. The molecule has 0 unspecified atom stereocenters. The Kier molecular flexibility index (Phi) is 7.21. The number of nitrogens with zero attached hydrogens (tertiary/aromatic N) is 1. The van der Waals surface area contributed by atoms with E-state index in [9.17, 15) is 9.59 Å². The topological polar surface area (TPSA) is 49.4 Å². The number of unbranched alkanes of at least 4 members (excludes halogenated alkanes) is 1. The van der Waals surface area contributed by atoms with E-state index in [1.54, 1.807) is 0 Å². The molecule has 0 radical (unpaired) electrons. The van der Waals surface area contributed by atoms with Crippen molar-refractivity contribution < 1.29 is 9.59 Å². The van der Waals surface area contributed by atoms with E-state index >= 15 is 0 Å². The third-order valence-electron chi connectivity index (χ3n) is 3.49. The van der Waals surface area contributed by atoms with Gasteiger partial charge < -0.3 is 10.2 Å². The predicted octanol–water partition coefficient (Wildman–Crippen LogP) is 2.16. The molecule has 1 heterocycles. The minimum absolute atomic E-state index is 0.0233. The van der Waals surface area contributed by atoms with Crippen LogP contribution in [0.4, 0.5) is 0 Å². The highest BCUT2D eigenvalue weighted by molar-refractivity contribution is 6.17. The van der Waals surface area contributed by atoms with Gasteiger partial charge in [0.05, 0.1) is 0 Å². The van der Waals surface area contributed by atoms with E-state index in [0.717, 1.165) is 38.8 Å². The molecule has 1 rings (SSSR count). The molecule has 19 heavy (non-hydrogen) atoms. The van der Waals surface area contributed by atoms with Crippen LogP contribution in [0.1, 0.15) is 46.0 Å². The Morgan fingerprint density at radius 1 is 1.26 bits per heavy atom. The zero-order valence-electron chi connectivity index (χ0n) is 12.0. The average molecular weight is 289 g/mol. The fourth-order valence-corrected chi connectivity index (χ4v) is 2.36. The molecule has 0 bridgehead atoms. The zero-order chi connectivity index (χ0) is 14.3. The van der Waals surface area contributed by atoms with Gasteiger partial charge in [-0.25, -0.2) is 0 Å². The number of alkyl halides is 1. The zero-order valence-corrected chi connectivity index (χ0v) is 12.7. The van der Waals surface area contributed by atoms with Crippen molar-refractivity contribution in [3.63, 3.8) is 0 Å². The van der Waals surface area contributed by atoms with Crippen LogP contribution in [0.3, 0.4) is 0 Å². The van der Waals surface area contributed by atoms with Crippen molar-refractivity contribution in [3.05, 3.63) is 0 Å². The monoisotopic (exact) mass is 288 g/mol. The number of rotatable bonds is 6. The highest BCUT2D eigenvalue weighted by atomic mass is 35.5. The summed E-state index contributed by atoms with van der Waals surface area (Å²) in [5, 5.41) is 3.04. The number of nitrogens with one attached hydrogen (secondary N) is 1. The Morgan fingerprint density at radius 3 is 2.42 bits per heavy atom. The molecule has 1 fully saturated rings. The fourth-order valence-electron chi connectivity index (χ4n) is 2.17. The van der Waals surface area contributed by atoms with Gasteiger partial charge in [0.2, 0.25) is 11.8 Å². The Morgan fingerprint density at radius 2 is 1.89 bits per heavy atom. The molecule has 1 aliphatic rings. The first-order valence-electron chi connectivity index (χ1n) is 7.18. The smallest absolute Gasteiger partial charge is 0.222 e. The summed E-state index contributed by atoms with van der Waals surface area (Å²) >= 11 is 5.60. The van der Waals surface area contributed by atoms with Crippen molar-refractivity contribution in [2.45, 2.75) is 52.0 Å². The van der Waals surface area contributed by atoms with Crippen LogP contribution in [-0.2, 0) is 9.59 Å². The Balaban J connectivity index is 2.24. The van der Waals surface area contributed by atoms with Crippen molar-refractivity contribution in [1.29, 1.82) is 0 Å². The first-order valence-corrected chi connectivity index (χ1v) is 7.72. The van der Waals surface area contributed by atoms with Gasteiger partial charge in [0.1, 0.15) is 0 Å². The maximum atomic E-state index is 11.9. The van der Waals surface area contributed by atoms with Crippen LogP contribution in [0.15, 0.2) is 0 Å². The standard InChI is InChI=1S/C14H25ClN2O2/c1-11(2)14(19)16-12-6-9-17(10-7-12)13(18)5-3-4-8-15/h11-12H,3-10H2,1-2H3,(H,16,19). The molecule has 0 aromatic carbocycles. The van der Waals surface area contributed by atoms with Crippen molar-refractivity contribution in [1.82, 2.24) is 10.2 Å². The largest absolute Gasteiger partial charge is 0.353 e. The lowest BCUT2D eigenvalue weighted by Gasteiger charge is -2.32. The molecule has 0 aromatic heterocycles. The number of hydrogen-bond donors (Lipinski definition) is 1. The number of likely N-dealkylation sites (tertiary alicyclic amines) is 1. The van der Waals surface area contributed by atoms with E-state index in [1.165, 1.54) is 0 Å². The van der Waals surface area contributed by atoms with Crippen LogP contribution in [-0.4, -0.2) is 41.7 Å². The van der Waals surface area contributed by atoms with Gasteiger partial charge in [-0.05, 0) is 25.7 Å². The van der Waals surface area contributed by atoms with Crippen molar-refractivity contribution >= 4 is 23.4 Å². The van der Waals surface area contributed by atoms with Gasteiger partial charge in [-0.2, -0.15) is 0 Å². The van der Waals surface area contributed by atoms with Crippen molar-refractivity contribution in [2.75, 3.05) is 19.0 Å². The van der Waals surface area contributed by atoms with Gasteiger partial charge in [0.25, 0.3) is 0 Å². The van der Waals surface area contributed by atoms with E-state index in [1.807, 2.05) is 18.7 Å². The van der Waals surface area contributed by atoms with E-state index < -0.39 is 0 Å². The van der Waals surface area contributed by atoms with Crippen LogP contribution < -0.4 is 5.32 Å². The molecule has 0 aromatic rings. The van der Waals surface area contributed by atoms with Crippen LogP contribution in [0, 0.1) is 5.92 Å². The summed E-state index contributed by atoms with van der Waals surface area (Å²) in [7, 11) is 0. The molecular weight excluding hydrogens is 264 g/mol. The highest BCUT2D eigenvalue weighted by Crippen LogP contribution is 2.13. The maximum absolute atomic E-state index is 11.9. The predicted molar refractivity (Wildman–Crippen MR) is 77.2 cm³/mol. The summed E-state index contributed by atoms with van der Waals surface area (Å²) < 4.78 is 0.